The summed E-state index contributed by atoms with van der Waals surface area (Å²) in [5, 5.41) is 6.74. The summed E-state index contributed by atoms with van der Waals surface area (Å²) in [6, 6.07) is 13.4. The minimum atomic E-state index is -1.39. The van der Waals surface area contributed by atoms with Gasteiger partial charge in [0.2, 0.25) is 11.8 Å². The van der Waals surface area contributed by atoms with Crippen LogP contribution in [0.5, 0.6) is 5.75 Å². The summed E-state index contributed by atoms with van der Waals surface area (Å²) in [6.07, 6.45) is 1.45. The Morgan fingerprint density at radius 1 is 1.05 bits per heavy atom. The van der Waals surface area contributed by atoms with Gasteiger partial charge >= 0.3 is 0 Å². The average Bonchev–Trinajstić information content (AvgIpc) is 3.12. The summed E-state index contributed by atoms with van der Waals surface area (Å²) >= 11 is 12.7. The Balaban J connectivity index is 1.81. The Bertz CT molecular complexity index is 1470. The standard InChI is InChI=1S/C27H23Cl2FN2O4S/c1-14-3-6-17(30)11-18(14)25-27(20-7-4-16(29)10-22(20)31-26(27)34)21(12-24(33)32-25)19-9-15(28)5-8-23(19)36-13-37(2)35/h3-11,21,25H,12-13H2,1-2H3,(H,31,34)(H,32,33)/t21-,25+,27-,37?/m1/s1. The molecule has 2 N–H and O–H groups in total. The summed E-state index contributed by atoms with van der Waals surface area (Å²) in [5.41, 5.74) is 1.45. The number of piperidine rings is 1. The number of hydrogen-bond donors (Lipinski definition) is 2. The molecule has 0 aliphatic carbocycles. The number of halogens is 3. The van der Waals surface area contributed by atoms with Crippen molar-refractivity contribution >= 4 is 51.5 Å². The van der Waals surface area contributed by atoms with E-state index in [1.807, 2.05) is 0 Å². The molecule has 4 atom stereocenters. The van der Waals surface area contributed by atoms with Crippen molar-refractivity contribution in [1.82, 2.24) is 5.32 Å². The maximum absolute atomic E-state index is 14.5. The molecule has 2 aliphatic heterocycles. The molecule has 2 aliphatic rings. The Kier molecular flexibility index (Phi) is 6.77. The van der Waals surface area contributed by atoms with E-state index in [0.29, 0.717) is 43.7 Å². The van der Waals surface area contributed by atoms with Gasteiger partial charge in [-0.1, -0.05) is 35.3 Å². The average molecular weight is 561 g/mol. The molecule has 6 nitrogen and oxygen atoms in total. The Labute approximate surface area is 226 Å². The van der Waals surface area contributed by atoms with Gasteiger partial charge in [0.05, 0.1) is 16.8 Å². The third-order valence-corrected chi connectivity index (χ3v) is 7.95. The first kappa shape index (κ1) is 25.7. The van der Waals surface area contributed by atoms with Crippen molar-refractivity contribution in [2.24, 2.45) is 0 Å². The van der Waals surface area contributed by atoms with Crippen LogP contribution in [0.3, 0.4) is 0 Å². The number of hydrogen-bond acceptors (Lipinski definition) is 4. The van der Waals surface area contributed by atoms with E-state index in [1.54, 1.807) is 49.4 Å². The SMILES string of the molecule is Cc1ccc(F)cc1[C@@H]1NC(=O)C[C@H](c2cc(Cl)ccc2OCS(C)=O)[C@@]12C(=O)Nc1cc(Cl)ccc12. The third kappa shape index (κ3) is 4.41. The number of carbonyl (C=O) groups is 2. The van der Waals surface area contributed by atoms with Crippen LogP contribution >= 0.6 is 23.2 Å². The van der Waals surface area contributed by atoms with Gasteiger partial charge in [-0.25, -0.2) is 4.39 Å². The van der Waals surface area contributed by atoms with Gasteiger partial charge in [-0.2, -0.15) is 0 Å². The van der Waals surface area contributed by atoms with Crippen LogP contribution in [0.2, 0.25) is 10.0 Å². The molecule has 1 spiro atoms. The van der Waals surface area contributed by atoms with E-state index in [2.05, 4.69) is 10.6 Å². The zero-order chi connectivity index (χ0) is 26.5. The van der Waals surface area contributed by atoms with Crippen molar-refractivity contribution in [3.05, 3.63) is 92.7 Å². The van der Waals surface area contributed by atoms with Crippen LogP contribution in [0.1, 0.15) is 40.6 Å². The van der Waals surface area contributed by atoms with Gasteiger partial charge in [-0.3, -0.25) is 13.8 Å². The predicted molar refractivity (Wildman–Crippen MR) is 142 cm³/mol. The zero-order valence-corrected chi connectivity index (χ0v) is 22.3. The van der Waals surface area contributed by atoms with Crippen molar-refractivity contribution in [3.8, 4) is 5.75 Å². The lowest BCUT2D eigenvalue weighted by Crippen LogP contribution is -2.57. The highest BCUT2D eigenvalue weighted by Crippen LogP contribution is 2.59. The minimum absolute atomic E-state index is 0.0632. The van der Waals surface area contributed by atoms with Crippen LogP contribution in [-0.4, -0.2) is 28.2 Å². The smallest absolute Gasteiger partial charge is 0.238 e. The van der Waals surface area contributed by atoms with E-state index < -0.39 is 34.0 Å². The minimum Gasteiger partial charge on any atom is -0.480 e. The second kappa shape index (κ2) is 9.74. The third-order valence-electron chi connectivity index (χ3n) is 7.03. The zero-order valence-electron chi connectivity index (χ0n) is 19.9. The molecule has 2 heterocycles. The number of ether oxygens (including phenoxy) is 1. The summed E-state index contributed by atoms with van der Waals surface area (Å²) in [4.78, 5) is 27.4. The largest absolute Gasteiger partial charge is 0.480 e. The van der Waals surface area contributed by atoms with Crippen LogP contribution in [0.4, 0.5) is 10.1 Å². The quantitative estimate of drug-likeness (QED) is 0.438. The molecule has 3 aromatic carbocycles. The molecule has 3 aromatic rings. The molecule has 0 saturated carbocycles. The summed E-state index contributed by atoms with van der Waals surface area (Å²) in [6.45, 7) is 1.80. The van der Waals surface area contributed by atoms with Crippen LogP contribution in [0.25, 0.3) is 0 Å². The van der Waals surface area contributed by atoms with E-state index in [0.717, 1.165) is 0 Å². The molecular formula is C27H23Cl2FN2O4S. The normalized spacial score (nSPS) is 23.4. The number of aryl methyl sites for hydroxylation is 1. The lowest BCUT2D eigenvalue weighted by Gasteiger charge is -2.47. The van der Waals surface area contributed by atoms with Crippen LogP contribution in [-0.2, 0) is 25.8 Å². The molecule has 192 valence electrons. The molecular weight excluding hydrogens is 538 g/mol. The molecule has 1 saturated heterocycles. The highest BCUT2D eigenvalue weighted by atomic mass is 35.5. The van der Waals surface area contributed by atoms with E-state index in [-0.39, 0.29) is 24.2 Å². The van der Waals surface area contributed by atoms with Crippen molar-refractivity contribution in [2.75, 3.05) is 17.5 Å². The van der Waals surface area contributed by atoms with Crippen LogP contribution in [0.15, 0.2) is 54.6 Å². The maximum atomic E-state index is 14.5. The van der Waals surface area contributed by atoms with Crippen molar-refractivity contribution in [1.29, 1.82) is 0 Å². The van der Waals surface area contributed by atoms with Crippen LogP contribution < -0.4 is 15.4 Å². The number of amides is 2. The Hall–Kier alpha value is -2.94. The van der Waals surface area contributed by atoms with Crippen LogP contribution in [0, 0.1) is 12.7 Å². The molecule has 5 rings (SSSR count). The molecule has 0 bridgehead atoms. The van der Waals surface area contributed by atoms with Gasteiger partial charge in [0.1, 0.15) is 17.0 Å². The summed E-state index contributed by atoms with van der Waals surface area (Å²) in [5.74, 6) is -1.64. The van der Waals surface area contributed by atoms with E-state index in [1.165, 1.54) is 18.4 Å². The maximum Gasteiger partial charge on any atom is 0.238 e. The summed E-state index contributed by atoms with van der Waals surface area (Å²) in [7, 11) is -1.26. The number of anilines is 1. The fourth-order valence-corrected chi connectivity index (χ4v) is 6.16. The lowest BCUT2D eigenvalue weighted by molar-refractivity contribution is -0.131. The molecule has 0 radical (unpaired) electrons. The first-order chi connectivity index (χ1) is 17.6. The molecule has 1 fully saturated rings. The molecule has 10 heteroatoms. The number of benzene rings is 3. The van der Waals surface area contributed by atoms with Crippen molar-refractivity contribution in [2.45, 2.75) is 30.7 Å². The lowest BCUT2D eigenvalue weighted by atomic mass is 9.59. The second-order valence-electron chi connectivity index (χ2n) is 9.29. The molecule has 2 amide bonds. The summed E-state index contributed by atoms with van der Waals surface area (Å²) < 4.78 is 32.2. The van der Waals surface area contributed by atoms with Gasteiger partial charge in [0, 0.05) is 39.9 Å². The monoisotopic (exact) mass is 560 g/mol. The highest BCUT2D eigenvalue weighted by molar-refractivity contribution is 7.84. The Morgan fingerprint density at radius 2 is 1.78 bits per heavy atom. The van der Waals surface area contributed by atoms with Gasteiger partial charge < -0.3 is 15.4 Å². The van der Waals surface area contributed by atoms with Gasteiger partial charge in [0.25, 0.3) is 0 Å². The first-order valence-corrected chi connectivity index (χ1v) is 14.0. The van der Waals surface area contributed by atoms with Crippen molar-refractivity contribution in [3.63, 3.8) is 0 Å². The number of fused-ring (bicyclic) bond motifs is 2. The molecule has 37 heavy (non-hydrogen) atoms. The van der Waals surface area contributed by atoms with E-state index in [4.69, 9.17) is 27.9 Å². The molecule has 1 unspecified atom stereocenters. The highest BCUT2D eigenvalue weighted by Gasteiger charge is 2.61. The van der Waals surface area contributed by atoms with Gasteiger partial charge in [0.15, 0.2) is 5.94 Å². The fraction of sp³-hybridized carbons (Fsp3) is 0.259. The number of rotatable bonds is 5. The van der Waals surface area contributed by atoms with E-state index in [9.17, 15) is 18.2 Å². The second-order valence-corrected chi connectivity index (χ2v) is 11.5. The van der Waals surface area contributed by atoms with Gasteiger partial charge in [-0.15, -0.1) is 0 Å². The fourth-order valence-electron chi connectivity index (χ4n) is 5.51. The van der Waals surface area contributed by atoms with Gasteiger partial charge in [-0.05, 0) is 66.1 Å². The number of carbonyl (C=O) groups excluding carboxylic acids is 2. The van der Waals surface area contributed by atoms with E-state index >= 15 is 0 Å². The number of nitrogens with one attached hydrogen (secondary N) is 2. The van der Waals surface area contributed by atoms with Crippen molar-refractivity contribution < 1.29 is 22.9 Å². The predicted octanol–water partition coefficient (Wildman–Crippen LogP) is 5.39. The first-order valence-electron chi connectivity index (χ1n) is 11.5. The topological polar surface area (TPSA) is 84.5 Å². The Morgan fingerprint density at radius 3 is 2.54 bits per heavy atom. The molecule has 0 aromatic heterocycles.